The summed E-state index contributed by atoms with van der Waals surface area (Å²) in [6.45, 7) is 3.60. The smallest absolute Gasteiger partial charge is 0.255 e. The lowest BCUT2D eigenvalue weighted by atomic mass is 10.0. The third-order valence-electron chi connectivity index (χ3n) is 7.23. The van der Waals surface area contributed by atoms with E-state index >= 15 is 0 Å². The van der Waals surface area contributed by atoms with Gasteiger partial charge in [0.15, 0.2) is 0 Å². The Morgan fingerprint density at radius 2 is 1.35 bits per heavy atom. The molecule has 3 aromatic rings. The molecule has 0 bridgehead atoms. The van der Waals surface area contributed by atoms with Crippen molar-refractivity contribution in [2.45, 2.75) is 110 Å². The number of rotatable bonds is 19. The Kier molecular flexibility index (Phi) is 13.1. The van der Waals surface area contributed by atoms with Crippen LogP contribution in [0.25, 0.3) is 11.0 Å². The second kappa shape index (κ2) is 16.8. The molecule has 202 valence electrons. The van der Waals surface area contributed by atoms with E-state index in [0.29, 0.717) is 17.9 Å². The molecule has 3 rings (SSSR count). The number of carbonyl (C=O) groups excluding carboxylic acids is 1. The molecule has 0 unspecified atom stereocenters. The van der Waals surface area contributed by atoms with E-state index in [1.165, 1.54) is 83.5 Å². The van der Waals surface area contributed by atoms with Crippen LogP contribution < -0.4 is 10.1 Å². The second-order valence-electron chi connectivity index (χ2n) is 10.1. The van der Waals surface area contributed by atoms with E-state index in [0.717, 1.165) is 29.8 Å². The highest BCUT2D eigenvalue weighted by atomic mass is 16.5. The SMILES string of the molecule is CCCCCCCCCCCCCCCCn1c(CNC(=O)c2ccccc2OC)nc2ccccc21. The summed E-state index contributed by atoms with van der Waals surface area (Å²) in [5, 5.41) is 3.04. The molecule has 0 radical (unpaired) electrons. The van der Waals surface area contributed by atoms with Gasteiger partial charge in [-0.1, -0.05) is 115 Å². The summed E-state index contributed by atoms with van der Waals surface area (Å²) in [6.07, 6.45) is 19.0. The Morgan fingerprint density at radius 3 is 2.00 bits per heavy atom. The minimum atomic E-state index is -0.146. The summed E-state index contributed by atoms with van der Waals surface area (Å²) in [7, 11) is 1.59. The van der Waals surface area contributed by atoms with Crippen molar-refractivity contribution in [2.24, 2.45) is 0 Å². The molecule has 0 saturated carbocycles. The monoisotopic (exact) mass is 505 g/mol. The number of ether oxygens (including phenoxy) is 1. The summed E-state index contributed by atoms with van der Waals surface area (Å²) in [6, 6.07) is 15.5. The first-order valence-corrected chi connectivity index (χ1v) is 14.6. The number of unbranched alkanes of at least 4 members (excludes halogenated alkanes) is 13. The highest BCUT2D eigenvalue weighted by molar-refractivity contribution is 5.96. The number of carbonyl (C=O) groups is 1. The summed E-state index contributed by atoms with van der Waals surface area (Å²) in [5.41, 5.74) is 2.66. The molecule has 0 atom stereocenters. The van der Waals surface area contributed by atoms with E-state index in [1.54, 1.807) is 19.2 Å². The standard InChI is InChI=1S/C32H47N3O2/c1-3-4-5-6-7-8-9-10-11-12-13-14-15-20-25-35-29-23-18-17-22-28(29)34-31(35)26-33-32(36)27-21-16-19-24-30(27)37-2/h16-19,21-24H,3-15,20,25-26H2,1-2H3,(H,33,36). The van der Waals surface area contributed by atoms with Gasteiger partial charge < -0.3 is 14.6 Å². The van der Waals surface area contributed by atoms with Crippen LogP contribution in [0, 0.1) is 0 Å². The fourth-order valence-corrected chi connectivity index (χ4v) is 5.06. The number of para-hydroxylation sites is 3. The highest BCUT2D eigenvalue weighted by Gasteiger charge is 2.14. The van der Waals surface area contributed by atoms with Crippen molar-refractivity contribution in [3.8, 4) is 5.75 Å². The van der Waals surface area contributed by atoms with Gasteiger partial charge in [0.05, 0.1) is 30.3 Å². The number of hydrogen-bond acceptors (Lipinski definition) is 3. The van der Waals surface area contributed by atoms with E-state index in [9.17, 15) is 4.79 Å². The summed E-state index contributed by atoms with van der Waals surface area (Å²) < 4.78 is 7.62. The second-order valence-corrected chi connectivity index (χ2v) is 10.1. The zero-order chi connectivity index (χ0) is 26.1. The number of fused-ring (bicyclic) bond motifs is 1. The van der Waals surface area contributed by atoms with Gasteiger partial charge in [-0.3, -0.25) is 4.79 Å². The Morgan fingerprint density at radius 1 is 0.784 bits per heavy atom. The number of methoxy groups -OCH3 is 1. The fourth-order valence-electron chi connectivity index (χ4n) is 5.06. The maximum absolute atomic E-state index is 12.8. The molecule has 1 heterocycles. The number of aromatic nitrogens is 2. The predicted octanol–water partition coefficient (Wildman–Crippen LogP) is 8.46. The number of hydrogen-bond donors (Lipinski definition) is 1. The third kappa shape index (κ3) is 9.53. The molecule has 2 aromatic carbocycles. The number of benzene rings is 2. The summed E-state index contributed by atoms with van der Waals surface area (Å²) >= 11 is 0. The maximum Gasteiger partial charge on any atom is 0.255 e. The van der Waals surface area contributed by atoms with Crippen molar-refractivity contribution in [1.29, 1.82) is 0 Å². The number of amides is 1. The summed E-state index contributed by atoms with van der Waals surface area (Å²) in [4.78, 5) is 17.6. The van der Waals surface area contributed by atoms with Crippen LogP contribution in [-0.4, -0.2) is 22.6 Å². The van der Waals surface area contributed by atoms with Crippen LogP contribution >= 0.6 is 0 Å². The largest absolute Gasteiger partial charge is 0.496 e. The molecular weight excluding hydrogens is 458 g/mol. The zero-order valence-electron chi connectivity index (χ0n) is 23.1. The van der Waals surface area contributed by atoms with Gasteiger partial charge in [-0.2, -0.15) is 0 Å². The third-order valence-corrected chi connectivity index (χ3v) is 7.23. The minimum absolute atomic E-state index is 0.146. The Labute approximate surface area is 224 Å². The first kappa shape index (κ1) is 28.7. The molecule has 0 fully saturated rings. The van der Waals surface area contributed by atoms with Crippen molar-refractivity contribution in [1.82, 2.24) is 14.9 Å². The zero-order valence-corrected chi connectivity index (χ0v) is 23.1. The van der Waals surface area contributed by atoms with Gasteiger partial charge in [-0.25, -0.2) is 4.98 Å². The van der Waals surface area contributed by atoms with E-state index in [-0.39, 0.29) is 5.91 Å². The number of nitrogens with zero attached hydrogens (tertiary/aromatic N) is 2. The molecule has 1 N–H and O–H groups in total. The molecule has 0 aliphatic rings. The normalized spacial score (nSPS) is 11.2. The quantitative estimate of drug-likeness (QED) is 0.166. The van der Waals surface area contributed by atoms with Gasteiger partial charge in [0, 0.05) is 6.54 Å². The molecule has 0 saturated heterocycles. The Bertz CT molecular complexity index is 1060. The lowest BCUT2D eigenvalue weighted by Gasteiger charge is -2.12. The molecule has 0 aliphatic carbocycles. The van der Waals surface area contributed by atoms with E-state index in [2.05, 4.69) is 28.9 Å². The van der Waals surface area contributed by atoms with Gasteiger partial charge in [-0.05, 0) is 30.7 Å². The molecule has 0 aliphatic heterocycles. The number of nitrogens with one attached hydrogen (secondary N) is 1. The first-order chi connectivity index (χ1) is 18.2. The molecule has 37 heavy (non-hydrogen) atoms. The number of imidazole rings is 1. The molecule has 1 amide bonds. The first-order valence-electron chi connectivity index (χ1n) is 14.6. The van der Waals surface area contributed by atoms with Gasteiger partial charge in [-0.15, -0.1) is 0 Å². The molecular formula is C32H47N3O2. The van der Waals surface area contributed by atoms with E-state index < -0.39 is 0 Å². The van der Waals surface area contributed by atoms with Crippen molar-refractivity contribution >= 4 is 16.9 Å². The highest BCUT2D eigenvalue weighted by Crippen LogP contribution is 2.20. The predicted molar refractivity (Wildman–Crippen MR) is 154 cm³/mol. The molecule has 5 nitrogen and oxygen atoms in total. The molecule has 5 heteroatoms. The van der Waals surface area contributed by atoms with E-state index in [4.69, 9.17) is 9.72 Å². The van der Waals surface area contributed by atoms with Crippen molar-refractivity contribution < 1.29 is 9.53 Å². The van der Waals surface area contributed by atoms with Gasteiger partial charge >= 0.3 is 0 Å². The minimum Gasteiger partial charge on any atom is -0.496 e. The van der Waals surface area contributed by atoms with Crippen LogP contribution in [0.15, 0.2) is 48.5 Å². The van der Waals surface area contributed by atoms with Gasteiger partial charge in [0.1, 0.15) is 11.6 Å². The fraction of sp³-hybridized carbons (Fsp3) is 0.562. The Balaban J connectivity index is 1.38. The lowest BCUT2D eigenvalue weighted by Crippen LogP contribution is -2.25. The lowest BCUT2D eigenvalue weighted by molar-refractivity contribution is 0.0946. The van der Waals surface area contributed by atoms with E-state index in [1.807, 2.05) is 24.3 Å². The van der Waals surface area contributed by atoms with Crippen LogP contribution in [0.4, 0.5) is 0 Å². The van der Waals surface area contributed by atoms with Crippen LogP contribution in [-0.2, 0) is 13.1 Å². The van der Waals surface area contributed by atoms with Crippen LogP contribution in [0.2, 0.25) is 0 Å². The average molecular weight is 506 g/mol. The maximum atomic E-state index is 12.8. The van der Waals surface area contributed by atoms with Crippen molar-refractivity contribution in [2.75, 3.05) is 7.11 Å². The van der Waals surface area contributed by atoms with Gasteiger partial charge in [0.25, 0.3) is 5.91 Å². The molecule has 0 spiro atoms. The van der Waals surface area contributed by atoms with Crippen molar-refractivity contribution in [3.63, 3.8) is 0 Å². The number of aryl methyl sites for hydroxylation is 1. The average Bonchev–Trinajstić information content (AvgIpc) is 3.29. The van der Waals surface area contributed by atoms with Crippen molar-refractivity contribution in [3.05, 3.63) is 59.9 Å². The van der Waals surface area contributed by atoms with Crippen LogP contribution in [0.3, 0.4) is 0 Å². The Hall–Kier alpha value is -2.82. The molecule has 1 aromatic heterocycles. The van der Waals surface area contributed by atoms with Gasteiger partial charge in [0.2, 0.25) is 0 Å². The van der Waals surface area contributed by atoms with Crippen LogP contribution in [0.5, 0.6) is 5.75 Å². The summed E-state index contributed by atoms with van der Waals surface area (Å²) in [5.74, 6) is 1.34. The topological polar surface area (TPSA) is 56.2 Å². The van der Waals surface area contributed by atoms with Crippen LogP contribution in [0.1, 0.15) is 113 Å².